The molecule has 44 heavy (non-hydrogen) atoms. The second-order valence-electron chi connectivity index (χ2n) is 11.4. The summed E-state index contributed by atoms with van der Waals surface area (Å²) in [5.41, 5.74) is -0.972. The van der Waals surface area contributed by atoms with Gasteiger partial charge in [0.2, 0.25) is 5.91 Å². The fourth-order valence-corrected chi connectivity index (χ4v) is 7.99. The number of nitrogens with zero attached hydrogens (tertiary/aromatic N) is 1. The van der Waals surface area contributed by atoms with Crippen LogP contribution in [0.25, 0.3) is 0 Å². The normalized spacial score (nSPS) is 30.8. The summed E-state index contributed by atoms with van der Waals surface area (Å²) in [6.45, 7) is 4.55. The minimum atomic E-state index is -4.49. The number of fused-ring (bicyclic) bond motifs is 5. The molecule has 0 saturated heterocycles. The second kappa shape index (κ2) is 17.7. The molecule has 1 aromatic rings. The molecule has 1 heterocycles. The van der Waals surface area contributed by atoms with Gasteiger partial charge < -0.3 is 15.0 Å². The van der Waals surface area contributed by atoms with E-state index in [0.717, 1.165) is 50.7 Å². The highest BCUT2D eigenvalue weighted by atomic mass is 33.1. The minimum Gasteiger partial charge on any atom is -0.410 e. The van der Waals surface area contributed by atoms with Crippen molar-refractivity contribution in [3.63, 3.8) is 0 Å². The number of amides is 2. The van der Waals surface area contributed by atoms with Gasteiger partial charge in [-0.1, -0.05) is 48.3 Å². The molecule has 2 amide bonds. The van der Waals surface area contributed by atoms with Crippen molar-refractivity contribution in [2.75, 3.05) is 7.05 Å². The van der Waals surface area contributed by atoms with E-state index in [1.807, 2.05) is 11.9 Å². The Labute approximate surface area is 274 Å². The lowest BCUT2D eigenvalue weighted by molar-refractivity contribution is -0.138. The van der Waals surface area contributed by atoms with Crippen LogP contribution in [0.1, 0.15) is 80.2 Å². The summed E-state index contributed by atoms with van der Waals surface area (Å²) in [4.78, 5) is 26.8. The maximum Gasteiger partial charge on any atom is 0.416 e. The standard InChI is InChI=1S/C27H33F3N2O3.2C2H2.3CH4.H2S2/c1-25-13-11-20-18(7-10-22-26(20,2)14-12-23(33)32(22)3)19(25)8-9-21(25)31-24(34)35-17-6-4-5-16(15-17)27(28,29)30;2*1-2;;;;1-2/h4-6,12,14-15,18-22H,7-11,13H2,1-3H3,(H,31,34);2*1-2H;3*1H4;1-2H/t18-,19?,20?,21-,22?,25-,26+;;;;;;/m0....../s1. The number of benzene rings is 1. The smallest absolute Gasteiger partial charge is 0.410 e. The number of hydrogen-bond donors (Lipinski definition) is 3. The monoisotopic (exact) mass is 656 g/mol. The quantitative estimate of drug-likeness (QED) is 0.169. The van der Waals surface area contributed by atoms with Crippen LogP contribution >= 0.6 is 23.3 Å². The van der Waals surface area contributed by atoms with Gasteiger partial charge in [-0.15, -0.1) is 49.0 Å². The Morgan fingerprint density at radius 1 is 1.00 bits per heavy atom. The van der Waals surface area contributed by atoms with E-state index in [4.69, 9.17) is 4.74 Å². The van der Waals surface area contributed by atoms with Crippen molar-refractivity contribution in [1.29, 1.82) is 0 Å². The first kappa shape index (κ1) is 43.4. The summed E-state index contributed by atoms with van der Waals surface area (Å²) in [7, 11) is 1.91. The van der Waals surface area contributed by atoms with Gasteiger partial charge in [-0.3, -0.25) is 4.79 Å². The predicted octanol–water partition coefficient (Wildman–Crippen LogP) is 8.97. The number of thiol groups is 2. The van der Waals surface area contributed by atoms with Crippen LogP contribution in [0, 0.1) is 54.3 Å². The fraction of sp³-hybridized carbons (Fsp3) is 0.588. The SMILES string of the molecule is C.C.C.C#C.C#C.CN1C(=O)C=C[C@]2(C)C3CC[C@@]4(C)C(CC[C@@H]4NC(=O)Oc4cccc(C(F)(F)F)c4)[C@@H]3CCC12.SS. The average Bonchev–Trinajstić information content (AvgIpc) is 3.29. The molecule has 3 unspecified atom stereocenters. The zero-order chi connectivity index (χ0) is 31.2. The molecule has 248 valence electrons. The third-order valence-electron chi connectivity index (χ3n) is 9.79. The molecule has 1 aromatic carbocycles. The number of ether oxygens (including phenoxy) is 1. The van der Waals surface area contributed by atoms with Crippen LogP contribution in [0.3, 0.4) is 0 Å². The number of likely N-dealkylation sites (N-methyl/N-ethyl adjacent to an activating group) is 1. The van der Waals surface area contributed by atoms with Crippen molar-refractivity contribution >= 4 is 35.3 Å². The fourth-order valence-electron chi connectivity index (χ4n) is 7.99. The third-order valence-corrected chi connectivity index (χ3v) is 9.79. The van der Waals surface area contributed by atoms with Gasteiger partial charge >= 0.3 is 12.3 Å². The summed E-state index contributed by atoms with van der Waals surface area (Å²) < 4.78 is 44.2. The molecule has 0 aromatic heterocycles. The van der Waals surface area contributed by atoms with E-state index in [1.54, 1.807) is 6.08 Å². The van der Waals surface area contributed by atoms with E-state index in [2.05, 4.69) is 74.3 Å². The molecule has 3 fully saturated rings. The number of carbonyl (C=O) groups is 2. The highest BCUT2D eigenvalue weighted by molar-refractivity contribution is 8.59. The van der Waals surface area contributed by atoms with Crippen LogP contribution in [-0.2, 0) is 11.0 Å². The van der Waals surface area contributed by atoms with E-state index in [0.29, 0.717) is 17.8 Å². The van der Waals surface area contributed by atoms with Crippen LogP contribution in [0.5, 0.6) is 5.75 Å². The summed E-state index contributed by atoms with van der Waals surface area (Å²) in [6.07, 6.45) is 20.5. The number of alkyl halides is 3. The van der Waals surface area contributed by atoms with E-state index in [9.17, 15) is 22.8 Å². The van der Waals surface area contributed by atoms with Crippen molar-refractivity contribution in [3.8, 4) is 31.4 Å². The Morgan fingerprint density at radius 3 is 2.20 bits per heavy atom. The van der Waals surface area contributed by atoms with Crippen molar-refractivity contribution < 1.29 is 27.5 Å². The molecule has 0 radical (unpaired) electrons. The van der Waals surface area contributed by atoms with Crippen LogP contribution in [0.4, 0.5) is 18.0 Å². The van der Waals surface area contributed by atoms with Gasteiger partial charge in [0, 0.05) is 24.5 Å². The molecular weight excluding hydrogens is 606 g/mol. The Hall–Kier alpha value is -2.69. The first-order chi connectivity index (χ1) is 19.4. The number of hydrogen-bond acceptors (Lipinski definition) is 5. The van der Waals surface area contributed by atoms with Gasteiger partial charge in [0.15, 0.2) is 0 Å². The third kappa shape index (κ3) is 8.31. The molecule has 1 aliphatic heterocycles. The van der Waals surface area contributed by atoms with Gasteiger partial charge in [0.25, 0.3) is 0 Å². The van der Waals surface area contributed by atoms with Crippen molar-refractivity contribution in [3.05, 3.63) is 42.0 Å². The maximum atomic E-state index is 13.0. The zero-order valence-electron chi connectivity index (χ0n) is 23.6. The largest absolute Gasteiger partial charge is 0.416 e. The van der Waals surface area contributed by atoms with Crippen molar-refractivity contribution in [1.82, 2.24) is 10.2 Å². The molecule has 5 nitrogen and oxygen atoms in total. The summed E-state index contributed by atoms with van der Waals surface area (Å²) in [6, 6.07) is 4.55. The summed E-state index contributed by atoms with van der Waals surface area (Å²) in [5, 5.41) is 2.99. The lowest BCUT2D eigenvalue weighted by Gasteiger charge is -2.60. The molecule has 7 atom stereocenters. The predicted molar refractivity (Wildman–Crippen MR) is 182 cm³/mol. The van der Waals surface area contributed by atoms with Crippen molar-refractivity contribution in [2.24, 2.45) is 28.6 Å². The van der Waals surface area contributed by atoms with Crippen LogP contribution in [0.15, 0.2) is 36.4 Å². The molecule has 1 N–H and O–H groups in total. The molecule has 0 spiro atoms. The van der Waals surface area contributed by atoms with E-state index in [-0.39, 0.29) is 56.9 Å². The van der Waals surface area contributed by atoms with Crippen LogP contribution in [-0.4, -0.2) is 36.0 Å². The maximum absolute atomic E-state index is 13.0. The molecule has 3 aliphatic carbocycles. The van der Waals surface area contributed by atoms with E-state index < -0.39 is 17.8 Å². The number of terminal acetylenes is 2. The highest BCUT2D eigenvalue weighted by Gasteiger charge is 2.60. The Balaban J connectivity index is 0. The van der Waals surface area contributed by atoms with E-state index in [1.165, 1.54) is 12.1 Å². The minimum absolute atomic E-state index is 0. The number of carbonyl (C=O) groups excluding carboxylic acids is 2. The summed E-state index contributed by atoms with van der Waals surface area (Å²) in [5.74, 6) is 1.43. The van der Waals surface area contributed by atoms with Crippen LogP contribution < -0.4 is 10.1 Å². The lowest BCUT2D eigenvalue weighted by Crippen LogP contribution is -2.60. The number of halogens is 3. The van der Waals surface area contributed by atoms with Gasteiger partial charge in [0.05, 0.1) is 5.56 Å². The van der Waals surface area contributed by atoms with Gasteiger partial charge in [-0.2, -0.15) is 13.2 Å². The Bertz CT molecular complexity index is 1150. The van der Waals surface area contributed by atoms with Crippen LogP contribution in [0.2, 0.25) is 0 Å². The lowest BCUT2D eigenvalue weighted by atomic mass is 9.48. The highest BCUT2D eigenvalue weighted by Crippen LogP contribution is 2.63. The van der Waals surface area contributed by atoms with Crippen molar-refractivity contribution in [2.45, 2.75) is 92.9 Å². The second-order valence-corrected chi connectivity index (χ2v) is 11.4. The zero-order valence-corrected chi connectivity index (χ0v) is 25.4. The molecular formula is C34H51F3N2O3S2. The van der Waals surface area contributed by atoms with Gasteiger partial charge in [-0.05, 0) is 86.0 Å². The Kier molecular flexibility index (Phi) is 17.5. The molecule has 4 aliphatic rings. The van der Waals surface area contributed by atoms with E-state index >= 15 is 0 Å². The first-order valence-electron chi connectivity index (χ1n) is 13.4. The molecule has 0 bridgehead atoms. The van der Waals surface area contributed by atoms with Gasteiger partial charge in [0.1, 0.15) is 5.75 Å². The van der Waals surface area contributed by atoms with Gasteiger partial charge in [-0.25, -0.2) is 4.79 Å². The Morgan fingerprint density at radius 2 is 1.61 bits per heavy atom. The topological polar surface area (TPSA) is 58.6 Å². The number of rotatable bonds is 2. The molecule has 5 rings (SSSR count). The summed E-state index contributed by atoms with van der Waals surface area (Å²) >= 11 is 6.44. The number of nitrogens with one attached hydrogen (secondary N) is 1. The average molecular weight is 657 g/mol. The molecule has 3 saturated carbocycles. The molecule has 10 heteroatoms. The first-order valence-corrected chi connectivity index (χ1v) is 15.0.